The number of phenols is 1. The van der Waals surface area contributed by atoms with E-state index in [1.807, 2.05) is 42.5 Å². The molecule has 5 heteroatoms. The van der Waals surface area contributed by atoms with E-state index < -0.39 is 0 Å². The van der Waals surface area contributed by atoms with Gasteiger partial charge in [0.25, 0.3) is 0 Å². The summed E-state index contributed by atoms with van der Waals surface area (Å²) in [6.45, 7) is 0. The van der Waals surface area contributed by atoms with Crippen LogP contribution in [0.5, 0.6) is 28.7 Å². The third kappa shape index (κ3) is 3.20. The third-order valence-electron chi connectivity index (χ3n) is 4.40. The largest absolute Gasteiger partial charge is 0.507 e. The molecule has 0 amide bonds. The normalized spacial score (nSPS) is 10.6. The van der Waals surface area contributed by atoms with Gasteiger partial charge in [0.1, 0.15) is 11.5 Å². The molecule has 0 heterocycles. The lowest BCUT2D eigenvalue weighted by Crippen LogP contribution is -1.98. The lowest BCUT2D eigenvalue weighted by atomic mass is 9.99. The Kier molecular flexibility index (Phi) is 5.07. The molecular weight excluding hydrogens is 332 g/mol. The summed E-state index contributed by atoms with van der Waals surface area (Å²) in [6.07, 6.45) is 0.532. The highest BCUT2D eigenvalue weighted by atomic mass is 16.5. The predicted molar refractivity (Wildman–Crippen MR) is 101 cm³/mol. The first kappa shape index (κ1) is 17.7. The lowest BCUT2D eigenvalue weighted by Gasteiger charge is -2.15. The van der Waals surface area contributed by atoms with Crippen molar-refractivity contribution in [3.63, 3.8) is 0 Å². The zero-order valence-electron chi connectivity index (χ0n) is 15.3. The molecule has 0 aliphatic rings. The summed E-state index contributed by atoms with van der Waals surface area (Å²) in [6, 6.07) is 13.3. The Morgan fingerprint density at radius 2 is 1.46 bits per heavy atom. The topological polar surface area (TPSA) is 57.2 Å². The van der Waals surface area contributed by atoms with Gasteiger partial charge in [0.15, 0.2) is 11.5 Å². The number of benzene rings is 3. The van der Waals surface area contributed by atoms with Crippen molar-refractivity contribution in [2.45, 2.75) is 6.42 Å². The SMILES string of the molecule is COc1ccc2c(O)c(Cc3cc(OC)c(OC)c(OC)c3)ccc2c1. The highest BCUT2D eigenvalue weighted by molar-refractivity contribution is 5.90. The first-order valence-corrected chi connectivity index (χ1v) is 8.18. The Bertz CT molecular complexity index is 908. The van der Waals surface area contributed by atoms with Gasteiger partial charge in [0.05, 0.1) is 28.4 Å². The molecule has 0 aliphatic carbocycles. The minimum Gasteiger partial charge on any atom is -0.507 e. The second-order valence-electron chi connectivity index (χ2n) is 5.87. The van der Waals surface area contributed by atoms with Crippen LogP contribution < -0.4 is 18.9 Å². The van der Waals surface area contributed by atoms with Crippen LogP contribution in [0, 0.1) is 0 Å². The number of aromatic hydroxyl groups is 1. The molecule has 0 aromatic heterocycles. The molecule has 0 aliphatic heterocycles. The maximum Gasteiger partial charge on any atom is 0.203 e. The molecule has 3 aromatic rings. The van der Waals surface area contributed by atoms with Crippen molar-refractivity contribution in [3.05, 3.63) is 53.6 Å². The highest BCUT2D eigenvalue weighted by Gasteiger charge is 2.15. The minimum atomic E-state index is 0.263. The van der Waals surface area contributed by atoms with Gasteiger partial charge in [-0.25, -0.2) is 0 Å². The molecule has 3 rings (SSSR count). The monoisotopic (exact) mass is 354 g/mol. The number of phenolic OH excluding ortho intramolecular Hbond substituents is 1. The maximum absolute atomic E-state index is 10.7. The fraction of sp³-hybridized carbons (Fsp3) is 0.238. The van der Waals surface area contributed by atoms with Gasteiger partial charge in [-0.05, 0) is 46.8 Å². The quantitative estimate of drug-likeness (QED) is 0.720. The highest BCUT2D eigenvalue weighted by Crippen LogP contribution is 2.40. The van der Waals surface area contributed by atoms with Crippen LogP contribution in [0.25, 0.3) is 10.8 Å². The molecule has 0 bridgehead atoms. The molecule has 26 heavy (non-hydrogen) atoms. The summed E-state index contributed by atoms with van der Waals surface area (Å²) < 4.78 is 21.4. The molecule has 136 valence electrons. The number of fused-ring (bicyclic) bond motifs is 1. The summed E-state index contributed by atoms with van der Waals surface area (Å²) in [4.78, 5) is 0. The molecule has 0 unspecified atom stereocenters. The standard InChI is InChI=1S/C21H22O5/c1-23-16-7-8-17-14(12-16)5-6-15(20(17)22)9-13-10-18(24-2)21(26-4)19(11-13)25-3/h5-8,10-12,22H,9H2,1-4H3. The Morgan fingerprint density at radius 1 is 0.769 bits per heavy atom. The van der Waals surface area contributed by atoms with Crippen LogP contribution in [0.2, 0.25) is 0 Å². The molecule has 0 saturated carbocycles. The molecule has 3 aromatic carbocycles. The molecule has 1 N–H and O–H groups in total. The van der Waals surface area contributed by atoms with E-state index in [2.05, 4.69) is 0 Å². The fourth-order valence-corrected chi connectivity index (χ4v) is 3.06. The zero-order chi connectivity index (χ0) is 18.7. The first-order valence-electron chi connectivity index (χ1n) is 8.18. The Labute approximate surface area is 152 Å². The van der Waals surface area contributed by atoms with Gasteiger partial charge in [0.2, 0.25) is 5.75 Å². The van der Waals surface area contributed by atoms with E-state index in [9.17, 15) is 5.11 Å². The smallest absolute Gasteiger partial charge is 0.203 e. The van der Waals surface area contributed by atoms with Gasteiger partial charge in [-0.15, -0.1) is 0 Å². The average Bonchev–Trinajstić information content (AvgIpc) is 2.68. The summed E-state index contributed by atoms with van der Waals surface area (Å²) in [5.41, 5.74) is 1.76. The summed E-state index contributed by atoms with van der Waals surface area (Å²) >= 11 is 0. The second kappa shape index (κ2) is 7.44. The number of hydrogen-bond acceptors (Lipinski definition) is 5. The van der Waals surface area contributed by atoms with Gasteiger partial charge >= 0.3 is 0 Å². The van der Waals surface area contributed by atoms with Crippen molar-refractivity contribution in [3.8, 4) is 28.7 Å². The van der Waals surface area contributed by atoms with Crippen LogP contribution in [0.15, 0.2) is 42.5 Å². The molecule has 0 atom stereocenters. The maximum atomic E-state index is 10.7. The number of methoxy groups -OCH3 is 4. The van der Waals surface area contributed by atoms with Gasteiger partial charge in [-0.2, -0.15) is 0 Å². The molecule has 0 radical (unpaired) electrons. The van der Waals surface area contributed by atoms with E-state index in [1.165, 1.54) is 0 Å². The van der Waals surface area contributed by atoms with Crippen molar-refractivity contribution in [1.82, 2.24) is 0 Å². The van der Waals surface area contributed by atoms with Crippen molar-refractivity contribution < 1.29 is 24.1 Å². The van der Waals surface area contributed by atoms with Gasteiger partial charge in [-0.1, -0.05) is 12.1 Å². The van der Waals surface area contributed by atoms with Crippen LogP contribution in [-0.4, -0.2) is 33.5 Å². The molecular formula is C21H22O5. The van der Waals surface area contributed by atoms with Crippen LogP contribution >= 0.6 is 0 Å². The van der Waals surface area contributed by atoms with Gasteiger partial charge in [-0.3, -0.25) is 0 Å². The number of rotatable bonds is 6. The second-order valence-corrected chi connectivity index (χ2v) is 5.87. The van der Waals surface area contributed by atoms with E-state index in [0.717, 1.165) is 27.6 Å². The molecule has 5 nitrogen and oxygen atoms in total. The average molecular weight is 354 g/mol. The van der Waals surface area contributed by atoms with Crippen molar-refractivity contribution in [2.75, 3.05) is 28.4 Å². The van der Waals surface area contributed by atoms with Crippen molar-refractivity contribution in [1.29, 1.82) is 0 Å². The molecule has 0 spiro atoms. The van der Waals surface area contributed by atoms with Gasteiger partial charge < -0.3 is 24.1 Å². The Hall–Kier alpha value is -3.08. The molecule has 0 saturated heterocycles. The van der Waals surface area contributed by atoms with Crippen LogP contribution in [0.3, 0.4) is 0 Å². The summed E-state index contributed by atoms with van der Waals surface area (Å²) in [7, 11) is 6.37. The lowest BCUT2D eigenvalue weighted by molar-refractivity contribution is 0.324. The molecule has 0 fully saturated rings. The van der Waals surface area contributed by atoms with E-state index >= 15 is 0 Å². The number of ether oxygens (including phenoxy) is 4. The van der Waals surface area contributed by atoms with E-state index in [4.69, 9.17) is 18.9 Å². The Balaban J connectivity index is 2.02. The van der Waals surface area contributed by atoms with Crippen LogP contribution in [0.4, 0.5) is 0 Å². The fourth-order valence-electron chi connectivity index (χ4n) is 3.06. The Morgan fingerprint density at radius 3 is 2.04 bits per heavy atom. The minimum absolute atomic E-state index is 0.263. The van der Waals surface area contributed by atoms with E-state index in [-0.39, 0.29) is 5.75 Å². The van der Waals surface area contributed by atoms with E-state index in [0.29, 0.717) is 23.7 Å². The third-order valence-corrected chi connectivity index (χ3v) is 4.40. The van der Waals surface area contributed by atoms with E-state index in [1.54, 1.807) is 28.4 Å². The van der Waals surface area contributed by atoms with Crippen LogP contribution in [-0.2, 0) is 6.42 Å². The predicted octanol–water partition coefficient (Wildman–Crippen LogP) is 4.17. The number of hydrogen-bond donors (Lipinski definition) is 1. The van der Waals surface area contributed by atoms with Crippen molar-refractivity contribution >= 4 is 10.8 Å². The summed E-state index contributed by atoms with van der Waals surface area (Å²) in [5, 5.41) is 12.4. The summed E-state index contributed by atoms with van der Waals surface area (Å²) in [5.74, 6) is 2.75. The van der Waals surface area contributed by atoms with Crippen molar-refractivity contribution in [2.24, 2.45) is 0 Å². The first-order chi connectivity index (χ1) is 12.6. The zero-order valence-corrected chi connectivity index (χ0v) is 15.3. The van der Waals surface area contributed by atoms with Gasteiger partial charge in [0, 0.05) is 11.8 Å². The van der Waals surface area contributed by atoms with Crippen LogP contribution in [0.1, 0.15) is 11.1 Å².